The molecule has 1 aliphatic carbocycles. The molecule has 2 N–H and O–H groups in total. The van der Waals surface area contributed by atoms with Crippen molar-refractivity contribution < 1.29 is 0 Å². The normalized spacial score (nSPS) is 25.1. The minimum absolute atomic E-state index is 0.269. The van der Waals surface area contributed by atoms with Crippen LogP contribution in [0.1, 0.15) is 56.6 Å². The van der Waals surface area contributed by atoms with Crippen LogP contribution in [-0.4, -0.2) is 20.8 Å². The van der Waals surface area contributed by atoms with Crippen LogP contribution in [0.15, 0.2) is 0 Å². The third kappa shape index (κ3) is 2.74. The SMILES string of the molecule is NC1CCc2nc(CCC3CCCCC3)nn2C1. The molecule has 0 saturated heterocycles. The van der Waals surface area contributed by atoms with Crippen molar-refractivity contribution in [1.82, 2.24) is 14.8 Å². The molecule has 1 fully saturated rings. The number of hydrogen-bond donors (Lipinski definition) is 1. The molecule has 1 atom stereocenters. The summed E-state index contributed by atoms with van der Waals surface area (Å²) in [5.41, 5.74) is 5.96. The van der Waals surface area contributed by atoms with Crippen LogP contribution >= 0.6 is 0 Å². The van der Waals surface area contributed by atoms with E-state index in [2.05, 4.69) is 10.1 Å². The lowest BCUT2D eigenvalue weighted by molar-refractivity contribution is 0.337. The van der Waals surface area contributed by atoms with Gasteiger partial charge in [-0.2, -0.15) is 5.10 Å². The Bertz CT molecular complexity index is 392. The van der Waals surface area contributed by atoms with E-state index >= 15 is 0 Å². The fourth-order valence-electron chi connectivity index (χ4n) is 3.30. The Morgan fingerprint density at radius 2 is 2.00 bits per heavy atom. The zero-order valence-corrected chi connectivity index (χ0v) is 11.1. The summed E-state index contributed by atoms with van der Waals surface area (Å²) in [7, 11) is 0. The first-order chi connectivity index (χ1) is 8.81. The van der Waals surface area contributed by atoms with Crippen molar-refractivity contribution >= 4 is 0 Å². The molecule has 0 aromatic carbocycles. The summed E-state index contributed by atoms with van der Waals surface area (Å²) in [4.78, 5) is 4.67. The summed E-state index contributed by atoms with van der Waals surface area (Å²) in [6.07, 6.45) is 11.5. The monoisotopic (exact) mass is 248 g/mol. The van der Waals surface area contributed by atoms with E-state index in [1.807, 2.05) is 4.68 Å². The lowest BCUT2D eigenvalue weighted by Crippen LogP contribution is -2.32. The zero-order valence-electron chi connectivity index (χ0n) is 11.1. The first kappa shape index (κ1) is 12.2. The van der Waals surface area contributed by atoms with Crippen LogP contribution in [0, 0.1) is 5.92 Å². The molecule has 4 heteroatoms. The molecule has 18 heavy (non-hydrogen) atoms. The van der Waals surface area contributed by atoms with Crippen molar-refractivity contribution in [3.05, 3.63) is 11.6 Å². The molecule has 0 radical (unpaired) electrons. The Balaban J connectivity index is 1.56. The van der Waals surface area contributed by atoms with Crippen LogP contribution < -0.4 is 5.73 Å². The molecule has 4 nitrogen and oxygen atoms in total. The average Bonchev–Trinajstić information content (AvgIpc) is 2.79. The lowest BCUT2D eigenvalue weighted by atomic mass is 9.86. The van der Waals surface area contributed by atoms with E-state index in [0.717, 1.165) is 43.4 Å². The van der Waals surface area contributed by atoms with Gasteiger partial charge in [-0.25, -0.2) is 9.67 Å². The van der Waals surface area contributed by atoms with Crippen molar-refractivity contribution in [3.8, 4) is 0 Å². The number of rotatable bonds is 3. The van der Waals surface area contributed by atoms with Gasteiger partial charge in [0.2, 0.25) is 0 Å². The van der Waals surface area contributed by atoms with Crippen LogP contribution in [0.4, 0.5) is 0 Å². The number of aryl methyl sites for hydroxylation is 2. The molecule has 3 rings (SSSR count). The molecular weight excluding hydrogens is 224 g/mol. The van der Waals surface area contributed by atoms with E-state index in [-0.39, 0.29) is 6.04 Å². The van der Waals surface area contributed by atoms with Crippen molar-refractivity contribution in [3.63, 3.8) is 0 Å². The third-order valence-corrected chi connectivity index (χ3v) is 4.44. The van der Waals surface area contributed by atoms with E-state index in [0.29, 0.717) is 0 Å². The molecule has 1 aliphatic heterocycles. The maximum atomic E-state index is 5.96. The number of fused-ring (bicyclic) bond motifs is 1. The molecule has 2 heterocycles. The average molecular weight is 248 g/mol. The van der Waals surface area contributed by atoms with Crippen molar-refractivity contribution in [1.29, 1.82) is 0 Å². The van der Waals surface area contributed by atoms with Gasteiger partial charge in [0.05, 0.1) is 6.54 Å². The summed E-state index contributed by atoms with van der Waals surface area (Å²) in [5.74, 6) is 3.11. The van der Waals surface area contributed by atoms with Crippen LogP contribution in [0.2, 0.25) is 0 Å². The third-order valence-electron chi connectivity index (χ3n) is 4.44. The fraction of sp³-hybridized carbons (Fsp3) is 0.857. The minimum atomic E-state index is 0.269. The van der Waals surface area contributed by atoms with Gasteiger partial charge in [0.15, 0.2) is 5.82 Å². The smallest absolute Gasteiger partial charge is 0.150 e. The Labute approximate surface area is 109 Å². The first-order valence-electron chi connectivity index (χ1n) is 7.49. The van der Waals surface area contributed by atoms with E-state index in [1.165, 1.54) is 38.5 Å². The summed E-state index contributed by atoms with van der Waals surface area (Å²) >= 11 is 0. The van der Waals surface area contributed by atoms with Gasteiger partial charge >= 0.3 is 0 Å². The molecule has 0 spiro atoms. The van der Waals surface area contributed by atoms with Gasteiger partial charge in [0.25, 0.3) is 0 Å². The molecule has 1 saturated carbocycles. The summed E-state index contributed by atoms with van der Waals surface area (Å²) in [6.45, 7) is 0.853. The molecule has 100 valence electrons. The quantitative estimate of drug-likeness (QED) is 0.891. The standard InChI is InChI=1S/C14H24N4/c15-12-7-9-14-16-13(17-18(14)10-12)8-6-11-4-2-1-3-5-11/h11-12H,1-10,15H2. The van der Waals surface area contributed by atoms with Gasteiger partial charge in [-0.1, -0.05) is 32.1 Å². The highest BCUT2D eigenvalue weighted by Gasteiger charge is 2.20. The van der Waals surface area contributed by atoms with Gasteiger partial charge in [0.1, 0.15) is 5.82 Å². The molecule has 0 amide bonds. The van der Waals surface area contributed by atoms with Gasteiger partial charge in [-0.3, -0.25) is 0 Å². The van der Waals surface area contributed by atoms with Gasteiger partial charge in [-0.15, -0.1) is 0 Å². The molecule has 1 aromatic rings. The Morgan fingerprint density at radius 3 is 2.83 bits per heavy atom. The van der Waals surface area contributed by atoms with Gasteiger partial charge < -0.3 is 5.73 Å². The number of aromatic nitrogens is 3. The number of nitrogens with zero attached hydrogens (tertiary/aromatic N) is 3. The van der Waals surface area contributed by atoms with Gasteiger partial charge in [0, 0.05) is 18.9 Å². The molecule has 1 aromatic heterocycles. The van der Waals surface area contributed by atoms with Crippen molar-refractivity contribution in [2.24, 2.45) is 11.7 Å². The second kappa shape index (κ2) is 5.39. The topological polar surface area (TPSA) is 56.7 Å². The van der Waals surface area contributed by atoms with Crippen LogP contribution in [0.5, 0.6) is 0 Å². The second-order valence-electron chi connectivity index (χ2n) is 5.97. The highest BCUT2D eigenvalue weighted by atomic mass is 15.4. The predicted octanol–water partition coefficient (Wildman–Crippen LogP) is 2.06. The Hall–Kier alpha value is -0.900. The largest absolute Gasteiger partial charge is 0.326 e. The van der Waals surface area contributed by atoms with E-state index in [4.69, 9.17) is 5.73 Å². The Kier molecular flexibility index (Phi) is 3.64. The molecular formula is C14H24N4. The summed E-state index contributed by atoms with van der Waals surface area (Å²) in [6, 6.07) is 0.269. The van der Waals surface area contributed by atoms with Crippen LogP contribution in [0.3, 0.4) is 0 Å². The molecule has 0 bridgehead atoms. The van der Waals surface area contributed by atoms with E-state index in [1.54, 1.807) is 0 Å². The highest BCUT2D eigenvalue weighted by molar-refractivity contribution is 4.98. The second-order valence-corrected chi connectivity index (χ2v) is 5.97. The fourth-order valence-corrected chi connectivity index (χ4v) is 3.30. The maximum Gasteiger partial charge on any atom is 0.150 e. The Morgan fingerprint density at radius 1 is 1.17 bits per heavy atom. The first-order valence-corrected chi connectivity index (χ1v) is 7.49. The van der Waals surface area contributed by atoms with Crippen molar-refractivity contribution in [2.45, 2.75) is 70.4 Å². The highest BCUT2D eigenvalue weighted by Crippen LogP contribution is 2.27. The minimum Gasteiger partial charge on any atom is -0.326 e. The zero-order chi connectivity index (χ0) is 12.4. The van der Waals surface area contributed by atoms with Crippen LogP contribution in [0.25, 0.3) is 0 Å². The van der Waals surface area contributed by atoms with E-state index < -0.39 is 0 Å². The number of nitrogens with two attached hydrogens (primary N) is 1. The molecule has 1 unspecified atom stereocenters. The lowest BCUT2D eigenvalue weighted by Gasteiger charge is -2.20. The summed E-state index contributed by atoms with van der Waals surface area (Å²) < 4.78 is 2.03. The predicted molar refractivity (Wildman–Crippen MR) is 71.2 cm³/mol. The maximum absolute atomic E-state index is 5.96. The summed E-state index contributed by atoms with van der Waals surface area (Å²) in [5, 5.41) is 4.61. The van der Waals surface area contributed by atoms with E-state index in [9.17, 15) is 0 Å². The molecule has 2 aliphatic rings. The van der Waals surface area contributed by atoms with Crippen molar-refractivity contribution in [2.75, 3.05) is 0 Å². The van der Waals surface area contributed by atoms with Crippen LogP contribution in [-0.2, 0) is 19.4 Å². The number of hydrogen-bond acceptors (Lipinski definition) is 3. The van der Waals surface area contributed by atoms with Gasteiger partial charge in [-0.05, 0) is 18.8 Å².